The predicted molar refractivity (Wildman–Crippen MR) is 50.7 cm³/mol. The van der Waals surface area contributed by atoms with Gasteiger partial charge in [-0.1, -0.05) is 6.92 Å². The molecule has 1 rings (SSSR count). The normalized spacial score (nSPS) is 8.46. The SMILES string of the molecule is CCC[n+]1ccn(CC)c1.[N-]=[N+]=[N-]. The van der Waals surface area contributed by atoms with E-state index >= 15 is 0 Å². The van der Waals surface area contributed by atoms with Crippen LogP contribution in [-0.2, 0) is 13.1 Å². The monoisotopic (exact) mass is 181 g/mol. The van der Waals surface area contributed by atoms with Gasteiger partial charge in [0.25, 0.3) is 0 Å². The Bertz CT molecular complexity index is 259. The van der Waals surface area contributed by atoms with Gasteiger partial charge in [-0.05, 0) is 13.3 Å². The molecule has 0 radical (unpaired) electrons. The minimum Gasteiger partial charge on any atom is -0.373 e. The van der Waals surface area contributed by atoms with Crippen LogP contribution in [-0.4, -0.2) is 4.57 Å². The third kappa shape index (κ3) is 4.87. The minimum absolute atomic E-state index is 1.07. The van der Waals surface area contributed by atoms with Crippen molar-refractivity contribution in [3.05, 3.63) is 34.7 Å². The summed E-state index contributed by atoms with van der Waals surface area (Å²) in [6.45, 7) is 6.54. The van der Waals surface area contributed by atoms with Gasteiger partial charge in [-0.15, -0.1) is 0 Å². The first kappa shape index (κ1) is 11.5. The molecule has 0 N–H and O–H groups in total. The summed E-state index contributed by atoms with van der Waals surface area (Å²) >= 11 is 0. The largest absolute Gasteiger partial charge is 0.373 e. The van der Waals surface area contributed by atoms with E-state index in [0.717, 1.165) is 13.1 Å². The Balaban J connectivity index is 0.000000424. The number of aryl methyl sites for hydroxylation is 2. The maximum Gasteiger partial charge on any atom is 0.243 e. The molecule has 0 aliphatic rings. The van der Waals surface area contributed by atoms with Crippen LogP contribution in [0.1, 0.15) is 20.3 Å². The molecule has 5 heteroatoms. The van der Waals surface area contributed by atoms with Crippen LogP contribution in [0.4, 0.5) is 0 Å². The molecule has 72 valence electrons. The zero-order valence-corrected chi connectivity index (χ0v) is 8.09. The molecule has 13 heavy (non-hydrogen) atoms. The molecule has 0 aliphatic carbocycles. The lowest BCUT2D eigenvalue weighted by molar-refractivity contribution is -0.696. The predicted octanol–water partition coefficient (Wildman–Crippen LogP) is 2.07. The van der Waals surface area contributed by atoms with Gasteiger partial charge in [0.15, 0.2) is 0 Å². The number of hydrogen-bond donors (Lipinski definition) is 0. The molecule has 0 saturated carbocycles. The topological polar surface area (TPSA) is 67.5 Å². The lowest BCUT2D eigenvalue weighted by atomic mass is 10.5. The molecule has 1 aromatic rings. The zero-order valence-electron chi connectivity index (χ0n) is 8.09. The van der Waals surface area contributed by atoms with Crippen molar-refractivity contribution in [3.8, 4) is 0 Å². The molecule has 0 aliphatic heterocycles. The number of aromatic nitrogens is 2. The standard InChI is InChI=1S/C8H15N2.N3/c1-3-5-10-7-6-9(4-2)8-10;1-3-2/h6-8H,3-5H2,1-2H3;/q+1;-1. The van der Waals surface area contributed by atoms with Gasteiger partial charge < -0.3 is 11.1 Å². The molecule has 0 bridgehead atoms. The van der Waals surface area contributed by atoms with Crippen LogP contribution in [0.25, 0.3) is 16.0 Å². The van der Waals surface area contributed by atoms with Crippen molar-refractivity contribution in [2.24, 2.45) is 0 Å². The fourth-order valence-electron chi connectivity index (χ4n) is 1.02. The van der Waals surface area contributed by atoms with Gasteiger partial charge in [0.05, 0.1) is 13.1 Å². The second kappa shape index (κ2) is 7.18. The first-order chi connectivity index (χ1) is 6.28. The molecule has 0 atom stereocenters. The van der Waals surface area contributed by atoms with E-state index in [1.807, 2.05) is 0 Å². The van der Waals surface area contributed by atoms with Gasteiger partial charge in [0.2, 0.25) is 6.33 Å². The minimum atomic E-state index is 1.07. The van der Waals surface area contributed by atoms with Crippen LogP contribution in [0.3, 0.4) is 0 Å². The van der Waals surface area contributed by atoms with E-state index in [1.165, 1.54) is 11.3 Å². The quantitative estimate of drug-likeness (QED) is 0.296. The van der Waals surface area contributed by atoms with E-state index in [0.29, 0.717) is 0 Å². The van der Waals surface area contributed by atoms with Crippen molar-refractivity contribution in [2.45, 2.75) is 33.4 Å². The lowest BCUT2D eigenvalue weighted by Gasteiger charge is -1.88. The van der Waals surface area contributed by atoms with Crippen LogP contribution in [0.15, 0.2) is 18.7 Å². The van der Waals surface area contributed by atoms with Crippen molar-refractivity contribution in [1.29, 1.82) is 0 Å². The van der Waals surface area contributed by atoms with Crippen LogP contribution in [0, 0.1) is 0 Å². The molecule has 1 heterocycles. The number of hydrogen-bond acceptors (Lipinski definition) is 0. The third-order valence-corrected chi connectivity index (χ3v) is 1.59. The van der Waals surface area contributed by atoms with E-state index < -0.39 is 0 Å². The fourth-order valence-corrected chi connectivity index (χ4v) is 1.02. The Labute approximate surface area is 78.0 Å². The van der Waals surface area contributed by atoms with Gasteiger partial charge in [-0.2, -0.15) is 0 Å². The van der Waals surface area contributed by atoms with Crippen molar-refractivity contribution in [2.75, 3.05) is 0 Å². The summed E-state index contributed by atoms with van der Waals surface area (Å²) in [5, 5.41) is 0. The van der Waals surface area contributed by atoms with Crippen LogP contribution in [0.2, 0.25) is 0 Å². The molecule has 0 aromatic carbocycles. The summed E-state index contributed by atoms with van der Waals surface area (Å²) in [5.41, 5.74) is 13.5. The van der Waals surface area contributed by atoms with Gasteiger partial charge in [0.1, 0.15) is 12.4 Å². The highest BCUT2D eigenvalue weighted by Gasteiger charge is 1.97. The fraction of sp³-hybridized carbons (Fsp3) is 0.625. The Kier molecular flexibility index (Phi) is 6.37. The van der Waals surface area contributed by atoms with Gasteiger partial charge >= 0.3 is 0 Å². The van der Waals surface area contributed by atoms with Crippen LogP contribution in [0.5, 0.6) is 0 Å². The summed E-state index contributed by atoms with van der Waals surface area (Å²) in [6, 6.07) is 0. The van der Waals surface area contributed by atoms with Crippen molar-refractivity contribution in [3.63, 3.8) is 0 Å². The first-order valence-corrected chi connectivity index (χ1v) is 4.31. The van der Waals surface area contributed by atoms with Crippen LogP contribution >= 0.6 is 0 Å². The maximum atomic E-state index is 6.75. The summed E-state index contributed by atoms with van der Waals surface area (Å²) < 4.78 is 4.39. The number of nitrogens with zero attached hydrogens (tertiary/aromatic N) is 5. The summed E-state index contributed by atoms with van der Waals surface area (Å²) in [5.74, 6) is 0. The zero-order chi connectivity index (χ0) is 10.1. The van der Waals surface area contributed by atoms with E-state index in [-0.39, 0.29) is 0 Å². The third-order valence-electron chi connectivity index (χ3n) is 1.59. The van der Waals surface area contributed by atoms with Crippen LogP contribution < -0.4 is 4.57 Å². The highest BCUT2D eigenvalue weighted by molar-refractivity contribution is 4.64. The summed E-state index contributed by atoms with van der Waals surface area (Å²) in [4.78, 5) is 1.50. The second-order valence-corrected chi connectivity index (χ2v) is 2.57. The number of imidazole rings is 1. The Morgan fingerprint density at radius 2 is 2.00 bits per heavy atom. The molecule has 0 unspecified atom stereocenters. The Morgan fingerprint density at radius 1 is 1.38 bits per heavy atom. The van der Waals surface area contributed by atoms with Crippen molar-refractivity contribution < 1.29 is 4.57 Å². The average molecular weight is 181 g/mol. The van der Waals surface area contributed by atoms with Gasteiger partial charge in [-0.25, -0.2) is 9.13 Å². The van der Waals surface area contributed by atoms with E-state index in [2.05, 4.69) is 41.7 Å². The Morgan fingerprint density at radius 3 is 2.38 bits per heavy atom. The molecular weight excluding hydrogens is 166 g/mol. The number of rotatable bonds is 3. The lowest BCUT2D eigenvalue weighted by Crippen LogP contribution is -2.30. The summed E-state index contributed by atoms with van der Waals surface area (Å²) in [7, 11) is 0. The van der Waals surface area contributed by atoms with Crippen molar-refractivity contribution in [1.82, 2.24) is 4.57 Å². The van der Waals surface area contributed by atoms with E-state index in [4.69, 9.17) is 11.1 Å². The molecule has 0 spiro atoms. The first-order valence-electron chi connectivity index (χ1n) is 4.31. The highest BCUT2D eigenvalue weighted by atomic mass is 15.1. The van der Waals surface area contributed by atoms with Gasteiger partial charge in [0, 0.05) is 0 Å². The van der Waals surface area contributed by atoms with E-state index in [9.17, 15) is 0 Å². The Hall–Kier alpha value is -1.48. The second-order valence-electron chi connectivity index (χ2n) is 2.57. The van der Waals surface area contributed by atoms with Crippen molar-refractivity contribution >= 4 is 0 Å². The molecule has 0 amide bonds. The van der Waals surface area contributed by atoms with Gasteiger partial charge in [-0.3, -0.25) is 4.91 Å². The molecule has 0 saturated heterocycles. The van der Waals surface area contributed by atoms with E-state index in [1.54, 1.807) is 0 Å². The smallest absolute Gasteiger partial charge is 0.243 e. The molecule has 5 nitrogen and oxygen atoms in total. The highest BCUT2D eigenvalue weighted by Crippen LogP contribution is 1.83. The molecular formula is C8H15N5. The maximum absolute atomic E-state index is 6.75. The molecule has 1 aromatic heterocycles. The molecule has 0 fully saturated rings. The average Bonchev–Trinajstić information content (AvgIpc) is 2.54. The summed E-state index contributed by atoms with van der Waals surface area (Å²) in [6.07, 6.45) is 7.57.